The van der Waals surface area contributed by atoms with Crippen molar-refractivity contribution < 1.29 is 14.3 Å². The second-order valence-electron chi connectivity index (χ2n) is 5.75. The van der Waals surface area contributed by atoms with Crippen molar-refractivity contribution in [2.24, 2.45) is 11.8 Å². The second kappa shape index (κ2) is 6.24. The number of hydrogen-bond acceptors (Lipinski definition) is 4. The van der Waals surface area contributed by atoms with Crippen LogP contribution in [0.2, 0.25) is 0 Å². The molecule has 1 saturated carbocycles. The van der Waals surface area contributed by atoms with Crippen LogP contribution in [0.3, 0.4) is 0 Å². The molecule has 1 aliphatic carbocycles. The van der Waals surface area contributed by atoms with Gasteiger partial charge in [-0.05, 0) is 37.1 Å². The van der Waals surface area contributed by atoms with Crippen molar-refractivity contribution in [1.29, 1.82) is 0 Å². The SMILES string of the molecule is COC(=O)[C@@H]1C[C@@H]1C(=O)N[C@H](C)c1cccc(-n2cccn2)c1. The molecule has 0 bridgehead atoms. The summed E-state index contributed by atoms with van der Waals surface area (Å²) in [5.74, 6) is -0.960. The molecule has 1 N–H and O–H groups in total. The van der Waals surface area contributed by atoms with Gasteiger partial charge in [0, 0.05) is 12.4 Å². The minimum absolute atomic E-state index is 0.0996. The predicted molar refractivity (Wildman–Crippen MR) is 83.7 cm³/mol. The first-order valence-electron chi connectivity index (χ1n) is 7.58. The summed E-state index contributed by atoms with van der Waals surface area (Å²) >= 11 is 0. The highest BCUT2D eigenvalue weighted by molar-refractivity contribution is 5.90. The Kier molecular flexibility index (Phi) is 4.14. The molecule has 1 fully saturated rings. The van der Waals surface area contributed by atoms with Crippen molar-refractivity contribution in [2.75, 3.05) is 7.11 Å². The van der Waals surface area contributed by atoms with Gasteiger partial charge in [0.1, 0.15) is 0 Å². The molecule has 1 amide bonds. The summed E-state index contributed by atoms with van der Waals surface area (Å²) in [6.45, 7) is 1.93. The molecular formula is C17H19N3O3. The molecule has 3 atom stereocenters. The summed E-state index contributed by atoms with van der Waals surface area (Å²) in [7, 11) is 1.35. The zero-order valence-electron chi connectivity index (χ0n) is 13.1. The number of rotatable bonds is 5. The Labute approximate surface area is 134 Å². The van der Waals surface area contributed by atoms with Crippen LogP contribution in [-0.4, -0.2) is 28.8 Å². The highest BCUT2D eigenvalue weighted by atomic mass is 16.5. The lowest BCUT2D eigenvalue weighted by atomic mass is 10.1. The van der Waals surface area contributed by atoms with Crippen molar-refractivity contribution in [2.45, 2.75) is 19.4 Å². The fraction of sp³-hybridized carbons (Fsp3) is 0.353. The Morgan fingerprint density at radius 1 is 1.35 bits per heavy atom. The number of aromatic nitrogens is 2. The first kappa shape index (κ1) is 15.3. The van der Waals surface area contributed by atoms with Crippen LogP contribution in [0.5, 0.6) is 0 Å². The minimum Gasteiger partial charge on any atom is -0.469 e. The van der Waals surface area contributed by atoms with Crippen molar-refractivity contribution in [3.05, 3.63) is 48.3 Å². The van der Waals surface area contributed by atoms with Gasteiger partial charge in [0.15, 0.2) is 0 Å². The van der Waals surface area contributed by atoms with Gasteiger partial charge in [0.05, 0.1) is 30.7 Å². The van der Waals surface area contributed by atoms with E-state index in [1.165, 1.54) is 7.11 Å². The largest absolute Gasteiger partial charge is 0.469 e. The summed E-state index contributed by atoms with van der Waals surface area (Å²) < 4.78 is 6.44. The zero-order valence-corrected chi connectivity index (χ0v) is 13.1. The molecule has 0 radical (unpaired) electrons. The summed E-state index contributed by atoms with van der Waals surface area (Å²) in [5, 5.41) is 7.17. The molecule has 0 spiro atoms. The number of benzene rings is 1. The highest BCUT2D eigenvalue weighted by Crippen LogP contribution is 2.39. The summed E-state index contributed by atoms with van der Waals surface area (Å²) in [6, 6.07) is 9.56. The Morgan fingerprint density at radius 2 is 2.17 bits per heavy atom. The van der Waals surface area contributed by atoms with E-state index in [0.717, 1.165) is 11.3 Å². The van der Waals surface area contributed by atoms with E-state index in [2.05, 4.69) is 15.2 Å². The van der Waals surface area contributed by atoms with Crippen LogP contribution >= 0.6 is 0 Å². The number of amides is 1. The fourth-order valence-electron chi connectivity index (χ4n) is 2.66. The number of nitrogens with zero attached hydrogens (tertiary/aromatic N) is 2. The lowest BCUT2D eigenvalue weighted by molar-refractivity contribution is -0.143. The molecule has 0 aliphatic heterocycles. The highest BCUT2D eigenvalue weighted by Gasteiger charge is 2.49. The van der Waals surface area contributed by atoms with Gasteiger partial charge >= 0.3 is 5.97 Å². The average Bonchev–Trinajstić information content (AvgIpc) is 3.19. The van der Waals surface area contributed by atoms with Gasteiger partial charge < -0.3 is 10.1 Å². The van der Waals surface area contributed by atoms with Gasteiger partial charge in [-0.25, -0.2) is 4.68 Å². The maximum atomic E-state index is 12.2. The molecule has 6 heteroatoms. The lowest BCUT2D eigenvalue weighted by Gasteiger charge is -2.15. The second-order valence-corrected chi connectivity index (χ2v) is 5.75. The quantitative estimate of drug-likeness (QED) is 0.855. The van der Waals surface area contributed by atoms with Gasteiger partial charge in [-0.3, -0.25) is 9.59 Å². The number of hydrogen-bond donors (Lipinski definition) is 1. The molecule has 1 aromatic carbocycles. The Bertz CT molecular complexity index is 712. The van der Waals surface area contributed by atoms with Gasteiger partial charge in [-0.15, -0.1) is 0 Å². The smallest absolute Gasteiger partial charge is 0.309 e. The molecular weight excluding hydrogens is 294 g/mol. The Hall–Kier alpha value is -2.63. The van der Waals surface area contributed by atoms with E-state index in [0.29, 0.717) is 6.42 Å². The topological polar surface area (TPSA) is 73.2 Å². The number of carbonyl (C=O) groups is 2. The third-order valence-electron chi connectivity index (χ3n) is 4.13. The van der Waals surface area contributed by atoms with E-state index in [-0.39, 0.29) is 29.8 Å². The standard InChI is InChI=1S/C17H19N3O3/c1-11(19-16(21)14-10-15(14)17(22)23-2)12-5-3-6-13(9-12)20-8-4-7-18-20/h3-9,11,14-15H,10H2,1-2H3,(H,19,21)/t11-,14+,15-/m1/s1. The molecule has 6 nitrogen and oxygen atoms in total. The molecule has 2 aromatic rings. The van der Waals surface area contributed by atoms with Gasteiger partial charge in [0.25, 0.3) is 0 Å². The van der Waals surface area contributed by atoms with Crippen LogP contribution in [0.15, 0.2) is 42.7 Å². The van der Waals surface area contributed by atoms with Crippen LogP contribution in [-0.2, 0) is 14.3 Å². The fourth-order valence-corrected chi connectivity index (χ4v) is 2.66. The third-order valence-corrected chi connectivity index (χ3v) is 4.13. The number of carbonyl (C=O) groups excluding carboxylic acids is 2. The van der Waals surface area contributed by atoms with Crippen LogP contribution in [0.4, 0.5) is 0 Å². The first-order chi connectivity index (χ1) is 11.1. The number of nitrogens with one attached hydrogen (secondary N) is 1. The Morgan fingerprint density at radius 3 is 2.87 bits per heavy atom. The van der Waals surface area contributed by atoms with Gasteiger partial charge in [-0.1, -0.05) is 12.1 Å². The van der Waals surface area contributed by atoms with E-state index < -0.39 is 0 Å². The van der Waals surface area contributed by atoms with Crippen molar-refractivity contribution in [3.63, 3.8) is 0 Å². The van der Waals surface area contributed by atoms with Crippen LogP contribution in [0, 0.1) is 11.8 Å². The van der Waals surface area contributed by atoms with Crippen LogP contribution < -0.4 is 5.32 Å². The molecule has 23 heavy (non-hydrogen) atoms. The number of methoxy groups -OCH3 is 1. The van der Waals surface area contributed by atoms with E-state index >= 15 is 0 Å². The normalized spacial score (nSPS) is 20.6. The molecule has 3 rings (SSSR count). The number of esters is 1. The maximum absolute atomic E-state index is 12.2. The lowest BCUT2D eigenvalue weighted by Crippen LogP contribution is -2.29. The zero-order chi connectivity index (χ0) is 16.4. The molecule has 120 valence electrons. The van der Waals surface area contributed by atoms with Crippen molar-refractivity contribution in [1.82, 2.24) is 15.1 Å². The van der Waals surface area contributed by atoms with Gasteiger partial charge in [-0.2, -0.15) is 5.10 Å². The van der Waals surface area contributed by atoms with Crippen molar-refractivity contribution in [3.8, 4) is 5.69 Å². The Balaban J connectivity index is 1.65. The molecule has 1 aliphatic rings. The van der Waals surface area contributed by atoms with E-state index in [4.69, 9.17) is 0 Å². The molecule has 1 aromatic heterocycles. The monoisotopic (exact) mass is 313 g/mol. The van der Waals surface area contributed by atoms with Crippen molar-refractivity contribution >= 4 is 11.9 Å². The summed E-state index contributed by atoms with van der Waals surface area (Å²) in [5.41, 5.74) is 1.93. The minimum atomic E-state index is -0.307. The average molecular weight is 313 g/mol. The summed E-state index contributed by atoms with van der Waals surface area (Å²) in [6.07, 6.45) is 4.16. The van der Waals surface area contributed by atoms with Gasteiger partial charge in [0.2, 0.25) is 5.91 Å². The number of ether oxygens (including phenoxy) is 1. The van der Waals surface area contributed by atoms with Crippen LogP contribution in [0.1, 0.15) is 24.9 Å². The molecule has 1 heterocycles. The predicted octanol–water partition coefficient (Wildman–Crippen LogP) is 1.86. The maximum Gasteiger partial charge on any atom is 0.309 e. The summed E-state index contributed by atoms with van der Waals surface area (Å²) in [4.78, 5) is 23.6. The van der Waals surface area contributed by atoms with Crippen LogP contribution in [0.25, 0.3) is 5.69 Å². The molecule has 0 unspecified atom stereocenters. The van der Waals surface area contributed by atoms with E-state index in [1.807, 2.05) is 43.5 Å². The van der Waals surface area contributed by atoms with E-state index in [1.54, 1.807) is 10.9 Å². The molecule has 0 saturated heterocycles. The van der Waals surface area contributed by atoms with E-state index in [9.17, 15) is 9.59 Å². The third kappa shape index (κ3) is 3.26. The first-order valence-corrected chi connectivity index (χ1v) is 7.58.